The van der Waals surface area contributed by atoms with E-state index in [1.165, 1.54) is 25.7 Å². The van der Waals surface area contributed by atoms with E-state index >= 15 is 0 Å². The molecule has 12 heavy (non-hydrogen) atoms. The van der Waals surface area contributed by atoms with Gasteiger partial charge in [0.25, 0.3) is 0 Å². The first kappa shape index (κ1) is 10.0. The van der Waals surface area contributed by atoms with E-state index in [1.54, 1.807) is 0 Å². The predicted molar refractivity (Wildman–Crippen MR) is 49.1 cm³/mol. The van der Waals surface area contributed by atoms with Crippen LogP contribution >= 0.6 is 0 Å². The summed E-state index contributed by atoms with van der Waals surface area (Å²) in [6.07, 6.45) is 5.10. The van der Waals surface area contributed by atoms with Gasteiger partial charge in [-0.15, -0.1) is 0 Å². The van der Waals surface area contributed by atoms with Crippen LogP contribution in [-0.4, -0.2) is 23.9 Å². The van der Waals surface area contributed by atoms with Crippen LogP contribution in [0.25, 0.3) is 0 Å². The highest BCUT2D eigenvalue weighted by atomic mass is 16.5. The fourth-order valence-corrected chi connectivity index (χ4v) is 1.48. The molecule has 1 fully saturated rings. The number of aliphatic hydroxyl groups is 1. The highest BCUT2D eigenvalue weighted by Crippen LogP contribution is 2.21. The van der Waals surface area contributed by atoms with Crippen LogP contribution in [0, 0.1) is 5.92 Å². The van der Waals surface area contributed by atoms with E-state index in [0.29, 0.717) is 18.6 Å². The van der Waals surface area contributed by atoms with Crippen molar-refractivity contribution < 1.29 is 9.84 Å². The Morgan fingerprint density at radius 3 is 2.42 bits per heavy atom. The van der Waals surface area contributed by atoms with E-state index in [2.05, 4.69) is 0 Å². The molecule has 1 unspecified atom stereocenters. The van der Waals surface area contributed by atoms with Crippen molar-refractivity contribution in [3.05, 3.63) is 0 Å². The largest absolute Gasteiger partial charge is 0.390 e. The molecule has 1 aliphatic rings. The molecule has 1 N–H and O–H groups in total. The topological polar surface area (TPSA) is 29.5 Å². The minimum Gasteiger partial charge on any atom is -0.390 e. The molecule has 2 nitrogen and oxygen atoms in total. The van der Waals surface area contributed by atoms with Gasteiger partial charge in [-0.05, 0) is 18.8 Å². The standard InChI is InChI=1S/C10H20O2/c1-8(2)10(11)7-12-9-5-3-4-6-9/h8-11H,3-7H2,1-2H3. The molecule has 0 aromatic carbocycles. The molecular formula is C10H20O2. The van der Waals surface area contributed by atoms with E-state index in [4.69, 9.17) is 4.74 Å². The zero-order valence-corrected chi connectivity index (χ0v) is 8.12. The van der Waals surface area contributed by atoms with Crippen molar-refractivity contribution in [3.8, 4) is 0 Å². The average Bonchev–Trinajstić information content (AvgIpc) is 2.51. The molecule has 0 amide bonds. The molecule has 0 heterocycles. The minimum atomic E-state index is -0.286. The van der Waals surface area contributed by atoms with Crippen LogP contribution in [0.3, 0.4) is 0 Å². The van der Waals surface area contributed by atoms with Crippen LogP contribution in [0.1, 0.15) is 39.5 Å². The lowest BCUT2D eigenvalue weighted by molar-refractivity contribution is -0.0227. The molecule has 0 aromatic heterocycles. The summed E-state index contributed by atoms with van der Waals surface area (Å²) in [6.45, 7) is 4.55. The Balaban J connectivity index is 2.07. The Bertz CT molecular complexity index is 115. The van der Waals surface area contributed by atoms with Gasteiger partial charge in [0, 0.05) is 0 Å². The highest BCUT2D eigenvalue weighted by molar-refractivity contribution is 4.68. The van der Waals surface area contributed by atoms with Crippen molar-refractivity contribution in [2.24, 2.45) is 5.92 Å². The lowest BCUT2D eigenvalue weighted by atomic mass is 10.1. The second-order valence-corrected chi connectivity index (χ2v) is 4.05. The number of hydrogen-bond donors (Lipinski definition) is 1. The van der Waals surface area contributed by atoms with Gasteiger partial charge in [-0.3, -0.25) is 0 Å². The Hall–Kier alpha value is -0.0800. The predicted octanol–water partition coefficient (Wildman–Crippen LogP) is 1.96. The quantitative estimate of drug-likeness (QED) is 0.702. The monoisotopic (exact) mass is 172 g/mol. The number of aliphatic hydroxyl groups excluding tert-OH is 1. The third-order valence-corrected chi connectivity index (χ3v) is 2.57. The second-order valence-electron chi connectivity index (χ2n) is 4.05. The molecule has 1 saturated carbocycles. The Kier molecular flexibility index (Phi) is 4.02. The second kappa shape index (κ2) is 4.83. The smallest absolute Gasteiger partial charge is 0.0796 e. The van der Waals surface area contributed by atoms with Crippen molar-refractivity contribution in [1.29, 1.82) is 0 Å². The Labute approximate surface area is 74.9 Å². The summed E-state index contributed by atoms with van der Waals surface area (Å²) in [7, 11) is 0. The average molecular weight is 172 g/mol. The van der Waals surface area contributed by atoms with Crippen molar-refractivity contribution in [1.82, 2.24) is 0 Å². The van der Waals surface area contributed by atoms with Crippen LogP contribution in [0.2, 0.25) is 0 Å². The number of ether oxygens (including phenoxy) is 1. The van der Waals surface area contributed by atoms with E-state index in [-0.39, 0.29) is 6.10 Å². The molecule has 0 bridgehead atoms. The summed E-state index contributed by atoms with van der Waals surface area (Å²) in [5.41, 5.74) is 0. The van der Waals surface area contributed by atoms with E-state index in [1.807, 2.05) is 13.8 Å². The number of hydrogen-bond acceptors (Lipinski definition) is 2. The van der Waals surface area contributed by atoms with Crippen molar-refractivity contribution in [3.63, 3.8) is 0 Å². The van der Waals surface area contributed by atoms with Crippen molar-refractivity contribution >= 4 is 0 Å². The SMILES string of the molecule is CC(C)C(O)COC1CCCC1. The van der Waals surface area contributed by atoms with Crippen molar-refractivity contribution in [2.45, 2.75) is 51.7 Å². The fourth-order valence-electron chi connectivity index (χ4n) is 1.48. The van der Waals surface area contributed by atoms with E-state index in [0.717, 1.165) is 0 Å². The molecule has 2 heteroatoms. The first-order valence-electron chi connectivity index (χ1n) is 5.00. The zero-order chi connectivity index (χ0) is 8.97. The molecule has 0 aliphatic heterocycles. The van der Waals surface area contributed by atoms with Crippen LogP contribution in [0.5, 0.6) is 0 Å². The van der Waals surface area contributed by atoms with Crippen molar-refractivity contribution in [2.75, 3.05) is 6.61 Å². The van der Waals surface area contributed by atoms with Gasteiger partial charge in [-0.2, -0.15) is 0 Å². The molecule has 0 saturated heterocycles. The molecule has 0 radical (unpaired) electrons. The van der Waals surface area contributed by atoms with Crippen LogP contribution in [0.4, 0.5) is 0 Å². The fraction of sp³-hybridized carbons (Fsp3) is 1.00. The molecule has 0 spiro atoms. The maximum Gasteiger partial charge on any atom is 0.0796 e. The summed E-state index contributed by atoms with van der Waals surface area (Å²) in [5, 5.41) is 9.46. The molecular weight excluding hydrogens is 152 g/mol. The lowest BCUT2D eigenvalue weighted by Gasteiger charge is -2.17. The van der Waals surface area contributed by atoms with Gasteiger partial charge in [-0.1, -0.05) is 26.7 Å². The molecule has 1 atom stereocenters. The van der Waals surface area contributed by atoms with Gasteiger partial charge < -0.3 is 9.84 Å². The summed E-state index contributed by atoms with van der Waals surface area (Å²) in [5.74, 6) is 0.311. The first-order chi connectivity index (χ1) is 5.70. The maximum absolute atomic E-state index is 9.46. The molecule has 0 aromatic rings. The maximum atomic E-state index is 9.46. The summed E-state index contributed by atoms with van der Waals surface area (Å²) in [6, 6.07) is 0. The molecule has 72 valence electrons. The summed E-state index contributed by atoms with van der Waals surface area (Å²) >= 11 is 0. The Morgan fingerprint density at radius 2 is 1.92 bits per heavy atom. The highest BCUT2D eigenvalue weighted by Gasteiger charge is 2.17. The van der Waals surface area contributed by atoms with Gasteiger partial charge in [0.2, 0.25) is 0 Å². The van der Waals surface area contributed by atoms with Gasteiger partial charge in [0.05, 0.1) is 18.8 Å². The first-order valence-corrected chi connectivity index (χ1v) is 5.00. The van der Waals surface area contributed by atoms with Crippen LogP contribution < -0.4 is 0 Å². The van der Waals surface area contributed by atoms with Gasteiger partial charge in [0.15, 0.2) is 0 Å². The molecule has 1 aliphatic carbocycles. The Morgan fingerprint density at radius 1 is 1.33 bits per heavy atom. The van der Waals surface area contributed by atoms with Crippen LogP contribution in [-0.2, 0) is 4.74 Å². The minimum absolute atomic E-state index is 0.286. The van der Waals surface area contributed by atoms with Gasteiger partial charge >= 0.3 is 0 Å². The third kappa shape index (κ3) is 3.11. The van der Waals surface area contributed by atoms with E-state index < -0.39 is 0 Å². The van der Waals surface area contributed by atoms with Crippen LogP contribution in [0.15, 0.2) is 0 Å². The summed E-state index contributed by atoms with van der Waals surface area (Å²) in [4.78, 5) is 0. The van der Waals surface area contributed by atoms with E-state index in [9.17, 15) is 5.11 Å². The molecule has 1 rings (SSSR count). The third-order valence-electron chi connectivity index (χ3n) is 2.57. The lowest BCUT2D eigenvalue weighted by Crippen LogP contribution is -2.24. The normalized spacial score (nSPS) is 22.0. The van der Waals surface area contributed by atoms with Gasteiger partial charge in [-0.25, -0.2) is 0 Å². The zero-order valence-electron chi connectivity index (χ0n) is 8.12. The number of rotatable bonds is 4. The summed E-state index contributed by atoms with van der Waals surface area (Å²) < 4.78 is 5.58. The van der Waals surface area contributed by atoms with Gasteiger partial charge in [0.1, 0.15) is 0 Å².